The third-order valence-corrected chi connectivity index (χ3v) is 4.17. The molecule has 4 heteroatoms. The standard InChI is InChI=1S/C13H23NO2Si/c1-14(2)13(16)12-8-11(15)7-6-10(12)9-17(3,4)5/h9,12H,6-8H2,1-5H3/b10-9+/t12-/m0/s1. The third-order valence-electron chi connectivity index (χ3n) is 2.93. The minimum Gasteiger partial charge on any atom is -0.348 e. The van der Waals surface area contributed by atoms with E-state index in [0.717, 1.165) is 6.42 Å². The van der Waals surface area contributed by atoms with Crippen LogP contribution in [0.25, 0.3) is 0 Å². The van der Waals surface area contributed by atoms with Crippen molar-refractivity contribution >= 4 is 19.8 Å². The lowest BCUT2D eigenvalue weighted by molar-refractivity contribution is -0.135. The van der Waals surface area contributed by atoms with Gasteiger partial charge in [-0.3, -0.25) is 9.59 Å². The lowest BCUT2D eigenvalue weighted by atomic mass is 9.83. The predicted octanol–water partition coefficient (Wildman–Crippen LogP) is 2.25. The lowest BCUT2D eigenvalue weighted by Crippen LogP contribution is -2.35. The van der Waals surface area contributed by atoms with Gasteiger partial charge in [0.15, 0.2) is 0 Å². The fraction of sp³-hybridized carbons (Fsp3) is 0.692. The second-order valence-corrected chi connectivity index (χ2v) is 11.1. The minimum absolute atomic E-state index is 0.0718. The molecule has 0 heterocycles. The van der Waals surface area contributed by atoms with Crippen LogP contribution in [0.15, 0.2) is 11.3 Å². The van der Waals surface area contributed by atoms with Gasteiger partial charge in [0, 0.05) is 26.9 Å². The van der Waals surface area contributed by atoms with Gasteiger partial charge in [-0.25, -0.2) is 0 Å². The highest BCUT2D eigenvalue weighted by molar-refractivity contribution is 6.81. The topological polar surface area (TPSA) is 37.4 Å². The van der Waals surface area contributed by atoms with Crippen molar-refractivity contribution in [2.24, 2.45) is 5.92 Å². The molecule has 96 valence electrons. The summed E-state index contributed by atoms with van der Waals surface area (Å²) in [6, 6.07) is 0. The number of ketones is 1. The molecule has 0 bridgehead atoms. The molecule has 0 radical (unpaired) electrons. The highest BCUT2D eigenvalue weighted by atomic mass is 28.3. The van der Waals surface area contributed by atoms with Crippen molar-refractivity contribution in [3.8, 4) is 0 Å². The van der Waals surface area contributed by atoms with E-state index < -0.39 is 8.07 Å². The molecule has 1 atom stereocenters. The van der Waals surface area contributed by atoms with Gasteiger partial charge in [0.25, 0.3) is 0 Å². The van der Waals surface area contributed by atoms with E-state index in [4.69, 9.17) is 0 Å². The van der Waals surface area contributed by atoms with Crippen LogP contribution in [-0.4, -0.2) is 38.8 Å². The number of rotatable bonds is 2. The molecule has 0 saturated heterocycles. The Kier molecular flexibility index (Phi) is 4.30. The second kappa shape index (κ2) is 5.17. The van der Waals surface area contributed by atoms with E-state index in [2.05, 4.69) is 25.3 Å². The molecule has 1 aliphatic rings. The van der Waals surface area contributed by atoms with Crippen molar-refractivity contribution in [1.82, 2.24) is 4.90 Å². The molecule has 0 unspecified atom stereocenters. The molecule has 1 amide bonds. The summed E-state index contributed by atoms with van der Waals surface area (Å²) in [6.45, 7) is 6.77. The van der Waals surface area contributed by atoms with Crippen LogP contribution in [0.5, 0.6) is 0 Å². The molecule has 1 saturated carbocycles. The Morgan fingerprint density at radius 1 is 1.29 bits per heavy atom. The van der Waals surface area contributed by atoms with Crippen LogP contribution in [0, 0.1) is 5.92 Å². The van der Waals surface area contributed by atoms with Crippen molar-refractivity contribution in [2.45, 2.75) is 38.9 Å². The Bertz CT molecular complexity index is 353. The first-order valence-electron chi connectivity index (χ1n) is 6.15. The van der Waals surface area contributed by atoms with Gasteiger partial charge in [0.05, 0.1) is 14.0 Å². The van der Waals surface area contributed by atoms with Gasteiger partial charge in [-0.05, 0) is 6.42 Å². The Labute approximate surface area is 105 Å². The molecule has 17 heavy (non-hydrogen) atoms. The number of carbonyl (C=O) groups is 2. The number of Topliss-reactive ketones (excluding diaryl/α,β-unsaturated/α-hetero) is 1. The zero-order valence-corrected chi connectivity index (χ0v) is 12.5. The Hall–Kier alpha value is -0.903. The molecular weight excluding hydrogens is 230 g/mol. The fourth-order valence-electron chi connectivity index (χ4n) is 2.21. The largest absolute Gasteiger partial charge is 0.348 e. The Morgan fingerprint density at radius 3 is 2.35 bits per heavy atom. The molecular formula is C13H23NO2Si. The van der Waals surface area contributed by atoms with E-state index in [9.17, 15) is 9.59 Å². The summed E-state index contributed by atoms with van der Waals surface area (Å²) < 4.78 is 0. The van der Waals surface area contributed by atoms with Gasteiger partial charge < -0.3 is 4.90 Å². The van der Waals surface area contributed by atoms with Crippen molar-refractivity contribution in [1.29, 1.82) is 0 Å². The maximum atomic E-state index is 12.1. The minimum atomic E-state index is -1.33. The van der Waals surface area contributed by atoms with E-state index in [1.807, 2.05) is 0 Å². The summed E-state index contributed by atoms with van der Waals surface area (Å²) in [5, 5.41) is 0. The van der Waals surface area contributed by atoms with Crippen LogP contribution in [0.2, 0.25) is 19.6 Å². The number of carbonyl (C=O) groups excluding carboxylic acids is 2. The van der Waals surface area contributed by atoms with Gasteiger partial charge in [0.1, 0.15) is 5.78 Å². The fourth-order valence-corrected chi connectivity index (χ4v) is 3.66. The van der Waals surface area contributed by atoms with Crippen LogP contribution < -0.4 is 0 Å². The van der Waals surface area contributed by atoms with E-state index in [1.54, 1.807) is 19.0 Å². The molecule has 1 fully saturated rings. The van der Waals surface area contributed by atoms with Crippen LogP contribution in [0.1, 0.15) is 19.3 Å². The summed E-state index contributed by atoms with van der Waals surface area (Å²) in [7, 11) is 2.18. The Balaban J connectivity index is 2.98. The van der Waals surface area contributed by atoms with Crippen LogP contribution in [0.3, 0.4) is 0 Å². The molecule has 3 nitrogen and oxygen atoms in total. The molecule has 1 aliphatic carbocycles. The van der Waals surface area contributed by atoms with Crippen LogP contribution in [-0.2, 0) is 9.59 Å². The number of hydrogen-bond acceptors (Lipinski definition) is 2. The van der Waals surface area contributed by atoms with Gasteiger partial charge >= 0.3 is 0 Å². The van der Waals surface area contributed by atoms with Gasteiger partial charge in [-0.1, -0.05) is 30.9 Å². The number of amides is 1. The molecule has 0 aromatic heterocycles. The summed E-state index contributed by atoms with van der Waals surface area (Å²) in [4.78, 5) is 25.2. The molecule has 0 spiro atoms. The van der Waals surface area contributed by atoms with E-state index in [0.29, 0.717) is 12.8 Å². The lowest BCUT2D eigenvalue weighted by Gasteiger charge is -2.28. The number of nitrogens with zero attached hydrogens (tertiary/aromatic N) is 1. The van der Waals surface area contributed by atoms with Crippen molar-refractivity contribution < 1.29 is 9.59 Å². The molecule has 0 aromatic rings. The SMILES string of the molecule is CN(C)C(=O)[C@H]1CC(=O)CC/C1=C\[Si](C)(C)C. The summed E-state index contributed by atoms with van der Waals surface area (Å²) in [6.07, 6.45) is 1.77. The summed E-state index contributed by atoms with van der Waals surface area (Å²) in [5.41, 5.74) is 3.49. The maximum absolute atomic E-state index is 12.1. The van der Waals surface area contributed by atoms with Crippen molar-refractivity contribution in [3.63, 3.8) is 0 Å². The smallest absolute Gasteiger partial charge is 0.229 e. The zero-order valence-electron chi connectivity index (χ0n) is 11.5. The second-order valence-electron chi connectivity index (χ2n) is 6.11. The first-order chi connectivity index (χ1) is 7.70. The van der Waals surface area contributed by atoms with Crippen LogP contribution in [0.4, 0.5) is 0 Å². The molecule has 0 N–H and O–H groups in total. The van der Waals surface area contributed by atoms with Gasteiger partial charge in [0.2, 0.25) is 5.91 Å². The van der Waals surface area contributed by atoms with E-state index >= 15 is 0 Å². The highest BCUT2D eigenvalue weighted by Gasteiger charge is 2.31. The third kappa shape index (κ3) is 4.11. The normalized spacial score (nSPS) is 23.9. The monoisotopic (exact) mass is 253 g/mol. The summed E-state index contributed by atoms with van der Waals surface area (Å²) in [5.74, 6) is 0.0958. The average molecular weight is 253 g/mol. The quantitative estimate of drug-likeness (QED) is 0.708. The first kappa shape index (κ1) is 14.2. The maximum Gasteiger partial charge on any atom is 0.229 e. The highest BCUT2D eigenvalue weighted by Crippen LogP contribution is 2.30. The van der Waals surface area contributed by atoms with E-state index in [-0.39, 0.29) is 17.6 Å². The summed E-state index contributed by atoms with van der Waals surface area (Å²) >= 11 is 0. The van der Waals surface area contributed by atoms with E-state index in [1.165, 1.54) is 5.57 Å². The predicted molar refractivity (Wildman–Crippen MR) is 72.5 cm³/mol. The molecule has 0 aliphatic heterocycles. The van der Waals surface area contributed by atoms with Crippen molar-refractivity contribution in [2.75, 3.05) is 14.1 Å². The van der Waals surface area contributed by atoms with Crippen molar-refractivity contribution in [3.05, 3.63) is 11.3 Å². The molecule has 0 aromatic carbocycles. The average Bonchev–Trinajstić information content (AvgIpc) is 2.17. The molecule has 1 rings (SSSR count). The van der Waals surface area contributed by atoms with Crippen LogP contribution >= 0.6 is 0 Å². The van der Waals surface area contributed by atoms with Gasteiger partial charge in [-0.15, -0.1) is 0 Å². The Morgan fingerprint density at radius 2 is 1.88 bits per heavy atom. The van der Waals surface area contributed by atoms with Gasteiger partial charge in [-0.2, -0.15) is 0 Å². The first-order valence-corrected chi connectivity index (χ1v) is 9.73. The number of hydrogen-bond donors (Lipinski definition) is 0. The zero-order chi connectivity index (χ0) is 13.2.